The maximum Gasteiger partial charge on any atom is 0.258 e. The van der Waals surface area contributed by atoms with Gasteiger partial charge in [0.1, 0.15) is 17.4 Å². The van der Waals surface area contributed by atoms with Crippen LogP contribution in [-0.2, 0) is 4.79 Å². The number of rotatable bonds is 5. The van der Waals surface area contributed by atoms with Crippen LogP contribution in [0.4, 0.5) is 4.39 Å². The molecule has 1 amide bonds. The van der Waals surface area contributed by atoms with Crippen molar-refractivity contribution in [2.45, 2.75) is 44.4 Å². The number of amides is 1. The van der Waals surface area contributed by atoms with Crippen LogP contribution < -0.4 is 10.1 Å². The Bertz CT molecular complexity index is 717. The molecule has 2 aromatic rings. The molecule has 0 unspecified atom stereocenters. The molecular formula is C18H22FN3O3. The number of imidazole rings is 1. The molecule has 0 saturated heterocycles. The Balaban J connectivity index is 1.55. The number of halogens is 1. The van der Waals surface area contributed by atoms with E-state index in [-0.39, 0.29) is 30.4 Å². The Labute approximate surface area is 145 Å². The molecule has 134 valence electrons. The lowest BCUT2D eigenvalue weighted by molar-refractivity contribution is -0.125. The van der Waals surface area contributed by atoms with Crippen LogP contribution in [0.5, 0.6) is 5.75 Å². The predicted octanol–water partition coefficient (Wildman–Crippen LogP) is 1.98. The molecule has 3 atom stereocenters. The maximum absolute atomic E-state index is 12.9. The first-order valence-corrected chi connectivity index (χ1v) is 8.40. The molecule has 1 aliphatic carbocycles. The second kappa shape index (κ2) is 7.65. The third kappa shape index (κ3) is 4.17. The highest BCUT2D eigenvalue weighted by Crippen LogP contribution is 2.29. The molecule has 0 spiro atoms. The van der Waals surface area contributed by atoms with Crippen LogP contribution in [0.15, 0.2) is 36.7 Å². The lowest BCUT2D eigenvalue weighted by Crippen LogP contribution is -2.50. The summed E-state index contributed by atoms with van der Waals surface area (Å²) in [6, 6.07) is 5.06. The van der Waals surface area contributed by atoms with Crippen molar-refractivity contribution in [2.75, 3.05) is 6.61 Å². The van der Waals surface area contributed by atoms with Gasteiger partial charge in [-0.2, -0.15) is 0 Å². The van der Waals surface area contributed by atoms with E-state index in [0.717, 1.165) is 18.7 Å². The summed E-state index contributed by atoms with van der Waals surface area (Å²) in [7, 11) is 0. The fraction of sp³-hybridized carbons (Fsp3) is 0.444. The van der Waals surface area contributed by atoms with Crippen molar-refractivity contribution in [2.24, 2.45) is 0 Å². The van der Waals surface area contributed by atoms with E-state index in [4.69, 9.17) is 4.74 Å². The summed E-state index contributed by atoms with van der Waals surface area (Å²) in [5.74, 6) is 0.600. The van der Waals surface area contributed by atoms with E-state index in [1.54, 1.807) is 6.20 Å². The van der Waals surface area contributed by atoms with Crippen molar-refractivity contribution < 1.29 is 19.0 Å². The van der Waals surface area contributed by atoms with E-state index in [9.17, 15) is 14.3 Å². The number of aryl methyl sites for hydroxylation is 1. The minimum absolute atomic E-state index is 0.0976. The van der Waals surface area contributed by atoms with Gasteiger partial charge in [-0.1, -0.05) is 0 Å². The number of hydrogen-bond donors (Lipinski definition) is 2. The second-order valence-electron chi connectivity index (χ2n) is 6.29. The maximum atomic E-state index is 12.9. The van der Waals surface area contributed by atoms with Gasteiger partial charge in [-0.05, 0) is 50.5 Å². The molecule has 1 fully saturated rings. The summed E-state index contributed by atoms with van der Waals surface area (Å²) in [6.07, 6.45) is 5.34. The summed E-state index contributed by atoms with van der Waals surface area (Å²) >= 11 is 0. The molecular weight excluding hydrogens is 325 g/mol. The minimum Gasteiger partial charge on any atom is -0.484 e. The molecule has 2 N–H and O–H groups in total. The molecule has 1 aromatic carbocycles. The highest BCUT2D eigenvalue weighted by Gasteiger charge is 2.34. The van der Waals surface area contributed by atoms with Gasteiger partial charge in [-0.15, -0.1) is 0 Å². The van der Waals surface area contributed by atoms with Gasteiger partial charge < -0.3 is 19.7 Å². The number of benzene rings is 1. The van der Waals surface area contributed by atoms with Crippen molar-refractivity contribution in [1.29, 1.82) is 0 Å². The number of nitrogens with zero attached hydrogens (tertiary/aromatic N) is 2. The summed E-state index contributed by atoms with van der Waals surface area (Å²) < 4.78 is 20.1. The van der Waals surface area contributed by atoms with Gasteiger partial charge in [0.05, 0.1) is 18.2 Å². The topological polar surface area (TPSA) is 76.4 Å². The monoisotopic (exact) mass is 347 g/mol. The van der Waals surface area contributed by atoms with Gasteiger partial charge in [0.15, 0.2) is 6.61 Å². The molecule has 7 heteroatoms. The Kier molecular flexibility index (Phi) is 5.33. The highest BCUT2D eigenvalue weighted by atomic mass is 19.1. The minimum atomic E-state index is -0.684. The van der Waals surface area contributed by atoms with E-state index in [2.05, 4.69) is 10.3 Å². The fourth-order valence-corrected chi connectivity index (χ4v) is 3.28. The van der Waals surface area contributed by atoms with Crippen molar-refractivity contribution in [3.05, 3.63) is 48.3 Å². The molecule has 25 heavy (non-hydrogen) atoms. The van der Waals surface area contributed by atoms with Gasteiger partial charge in [-0.25, -0.2) is 9.37 Å². The van der Waals surface area contributed by atoms with Crippen LogP contribution in [-0.4, -0.2) is 39.3 Å². The Morgan fingerprint density at radius 3 is 2.84 bits per heavy atom. The zero-order valence-corrected chi connectivity index (χ0v) is 14.1. The summed E-state index contributed by atoms with van der Waals surface area (Å²) in [6.45, 7) is 1.72. The number of aromatic nitrogens is 2. The molecule has 0 radical (unpaired) electrons. The van der Waals surface area contributed by atoms with E-state index in [0.29, 0.717) is 12.2 Å². The molecule has 1 saturated carbocycles. The number of aliphatic hydroxyl groups is 1. The van der Waals surface area contributed by atoms with E-state index >= 15 is 0 Å². The number of ether oxygens (including phenoxy) is 1. The number of nitrogens with one attached hydrogen (secondary N) is 1. The van der Waals surface area contributed by atoms with Gasteiger partial charge in [0.25, 0.3) is 5.91 Å². The zero-order valence-electron chi connectivity index (χ0n) is 14.1. The lowest BCUT2D eigenvalue weighted by Gasteiger charge is -2.36. The van der Waals surface area contributed by atoms with E-state index in [1.807, 2.05) is 17.7 Å². The average Bonchev–Trinajstić information content (AvgIpc) is 3.02. The summed E-state index contributed by atoms with van der Waals surface area (Å²) in [4.78, 5) is 16.3. The fourth-order valence-electron chi connectivity index (χ4n) is 3.28. The smallest absolute Gasteiger partial charge is 0.258 e. The van der Waals surface area contributed by atoms with E-state index in [1.165, 1.54) is 24.3 Å². The van der Waals surface area contributed by atoms with Crippen molar-refractivity contribution in [3.8, 4) is 5.75 Å². The Morgan fingerprint density at radius 1 is 1.40 bits per heavy atom. The summed E-state index contributed by atoms with van der Waals surface area (Å²) in [5.41, 5.74) is 0. The van der Waals surface area contributed by atoms with Gasteiger partial charge in [-0.3, -0.25) is 4.79 Å². The van der Waals surface area contributed by atoms with Crippen LogP contribution >= 0.6 is 0 Å². The molecule has 0 bridgehead atoms. The van der Waals surface area contributed by atoms with Gasteiger partial charge >= 0.3 is 0 Å². The van der Waals surface area contributed by atoms with Crippen molar-refractivity contribution in [3.63, 3.8) is 0 Å². The molecule has 3 rings (SSSR count). The molecule has 1 heterocycles. The first kappa shape index (κ1) is 17.4. The molecule has 1 aliphatic rings. The standard InChI is InChI=1S/C18H22FN3O3/c1-12-20-9-10-22(12)16-4-2-3-15(18(16)24)21-17(23)11-25-14-7-5-13(19)6-8-14/h5-10,15-16,18,24H,2-4,11H2,1H3,(H,21,23)/t15-,16-,18-/m1/s1. The van der Waals surface area contributed by atoms with Gasteiger partial charge in [0, 0.05) is 12.4 Å². The number of carbonyl (C=O) groups is 1. The van der Waals surface area contributed by atoms with Crippen molar-refractivity contribution in [1.82, 2.24) is 14.9 Å². The average molecular weight is 347 g/mol. The Morgan fingerprint density at radius 2 is 2.16 bits per heavy atom. The zero-order chi connectivity index (χ0) is 17.8. The number of hydrogen-bond acceptors (Lipinski definition) is 4. The normalized spacial score (nSPS) is 23.2. The van der Waals surface area contributed by atoms with Crippen LogP contribution in [0.3, 0.4) is 0 Å². The second-order valence-corrected chi connectivity index (χ2v) is 6.29. The van der Waals surface area contributed by atoms with Crippen LogP contribution in [0.25, 0.3) is 0 Å². The van der Waals surface area contributed by atoms with Crippen LogP contribution in [0.2, 0.25) is 0 Å². The molecule has 1 aromatic heterocycles. The first-order chi connectivity index (χ1) is 12.0. The third-order valence-electron chi connectivity index (χ3n) is 4.57. The predicted molar refractivity (Wildman–Crippen MR) is 89.7 cm³/mol. The summed E-state index contributed by atoms with van der Waals surface area (Å²) in [5, 5.41) is 13.5. The van der Waals surface area contributed by atoms with E-state index < -0.39 is 6.10 Å². The SMILES string of the molecule is Cc1nccn1[C@@H]1CCC[C@@H](NC(=O)COc2ccc(F)cc2)[C@H]1O. The number of aliphatic hydroxyl groups excluding tert-OH is 1. The molecule has 6 nitrogen and oxygen atoms in total. The van der Waals surface area contributed by atoms with Gasteiger partial charge in [0.2, 0.25) is 0 Å². The third-order valence-corrected chi connectivity index (χ3v) is 4.57. The lowest BCUT2D eigenvalue weighted by atomic mass is 9.87. The quantitative estimate of drug-likeness (QED) is 0.867. The van der Waals surface area contributed by atoms with Crippen LogP contribution in [0.1, 0.15) is 31.1 Å². The molecule has 0 aliphatic heterocycles. The highest BCUT2D eigenvalue weighted by molar-refractivity contribution is 5.77. The van der Waals surface area contributed by atoms with Crippen LogP contribution in [0, 0.1) is 12.7 Å². The Hall–Kier alpha value is -2.41. The largest absolute Gasteiger partial charge is 0.484 e. The number of carbonyl (C=O) groups excluding carboxylic acids is 1. The van der Waals surface area contributed by atoms with Crippen molar-refractivity contribution >= 4 is 5.91 Å². The first-order valence-electron chi connectivity index (χ1n) is 8.40.